The molecule has 6 nitrogen and oxygen atoms in total. The van der Waals surface area contributed by atoms with Crippen molar-refractivity contribution in [3.05, 3.63) is 36.7 Å². The van der Waals surface area contributed by atoms with E-state index in [0.717, 1.165) is 44.1 Å². The van der Waals surface area contributed by atoms with Crippen LogP contribution in [0.1, 0.15) is 104 Å². The highest BCUT2D eigenvalue weighted by atomic mass is 16.5. The number of ether oxygens (including phenoxy) is 2. The molecule has 0 atom stereocenters. The Hall–Kier alpha value is -2.76. The average molecular weight is 469 g/mol. The average Bonchev–Trinajstić information content (AvgIpc) is 2.84. The molecule has 0 aliphatic heterocycles. The topological polar surface area (TPSA) is 78.4 Å². The van der Waals surface area contributed by atoms with E-state index in [0.29, 0.717) is 30.2 Å². The van der Waals surface area contributed by atoms with Crippen LogP contribution in [0.5, 0.6) is 11.5 Å². The second kappa shape index (κ2) is 16.8. The van der Waals surface area contributed by atoms with Gasteiger partial charge >= 0.3 is 11.9 Å². The van der Waals surface area contributed by atoms with Gasteiger partial charge in [0, 0.05) is 18.4 Å². The SMILES string of the molecule is CCCCCCCCCCC(=O)Oc1ccc(-c2ncc(OC(=O)CCCCCC)cn2)cc1. The van der Waals surface area contributed by atoms with Crippen LogP contribution in [-0.4, -0.2) is 21.9 Å². The molecule has 1 heterocycles. The van der Waals surface area contributed by atoms with Crippen LogP contribution < -0.4 is 9.47 Å². The van der Waals surface area contributed by atoms with Crippen molar-refractivity contribution >= 4 is 11.9 Å². The smallest absolute Gasteiger partial charge is 0.311 e. The molecule has 0 unspecified atom stereocenters. The molecule has 0 radical (unpaired) electrons. The fraction of sp³-hybridized carbons (Fsp3) is 0.571. The monoisotopic (exact) mass is 468 g/mol. The highest BCUT2D eigenvalue weighted by molar-refractivity contribution is 5.73. The van der Waals surface area contributed by atoms with Crippen molar-refractivity contribution in [2.75, 3.05) is 0 Å². The van der Waals surface area contributed by atoms with Crippen molar-refractivity contribution in [3.63, 3.8) is 0 Å². The molecule has 0 saturated heterocycles. The summed E-state index contributed by atoms with van der Waals surface area (Å²) in [5.41, 5.74) is 0.792. The Bertz CT molecular complexity index is 834. The summed E-state index contributed by atoms with van der Waals surface area (Å²) in [6, 6.07) is 7.12. The first-order valence-electron chi connectivity index (χ1n) is 13.0. The van der Waals surface area contributed by atoms with Crippen molar-refractivity contribution in [1.82, 2.24) is 9.97 Å². The molecule has 0 aliphatic rings. The minimum absolute atomic E-state index is 0.198. The van der Waals surface area contributed by atoms with Crippen LogP contribution >= 0.6 is 0 Å². The maximum absolute atomic E-state index is 12.1. The highest BCUT2D eigenvalue weighted by Gasteiger charge is 2.09. The third kappa shape index (κ3) is 11.4. The summed E-state index contributed by atoms with van der Waals surface area (Å²) in [6.07, 6.45) is 17.5. The fourth-order valence-electron chi connectivity index (χ4n) is 3.65. The van der Waals surface area contributed by atoms with Gasteiger partial charge in [0.1, 0.15) is 5.75 Å². The fourth-order valence-corrected chi connectivity index (χ4v) is 3.65. The minimum atomic E-state index is -0.259. The minimum Gasteiger partial charge on any atom is -0.427 e. The number of hydrogen-bond acceptors (Lipinski definition) is 6. The Kier molecular flexibility index (Phi) is 13.6. The van der Waals surface area contributed by atoms with Crippen LogP contribution in [-0.2, 0) is 9.59 Å². The summed E-state index contributed by atoms with van der Waals surface area (Å²) >= 11 is 0. The summed E-state index contributed by atoms with van der Waals surface area (Å²) in [7, 11) is 0. The third-order valence-electron chi connectivity index (χ3n) is 5.67. The molecule has 2 aromatic rings. The Labute approximate surface area is 204 Å². The van der Waals surface area contributed by atoms with Gasteiger partial charge in [0.25, 0.3) is 0 Å². The van der Waals surface area contributed by atoms with Gasteiger partial charge in [0.05, 0.1) is 12.4 Å². The molecule has 186 valence electrons. The van der Waals surface area contributed by atoms with Crippen LogP contribution in [0.4, 0.5) is 0 Å². The van der Waals surface area contributed by atoms with Gasteiger partial charge in [-0.3, -0.25) is 9.59 Å². The zero-order valence-corrected chi connectivity index (χ0v) is 20.9. The van der Waals surface area contributed by atoms with Crippen LogP contribution in [0.3, 0.4) is 0 Å². The van der Waals surface area contributed by atoms with Gasteiger partial charge in [-0.05, 0) is 37.1 Å². The summed E-state index contributed by atoms with van der Waals surface area (Å²) in [5.74, 6) is 0.915. The Morgan fingerprint density at radius 3 is 1.59 bits per heavy atom. The Morgan fingerprint density at radius 2 is 1.06 bits per heavy atom. The lowest BCUT2D eigenvalue weighted by atomic mass is 10.1. The molecule has 0 spiro atoms. The predicted octanol–water partition coefficient (Wildman–Crippen LogP) is 7.46. The van der Waals surface area contributed by atoms with Crippen molar-refractivity contribution in [2.45, 2.75) is 104 Å². The van der Waals surface area contributed by atoms with Crippen molar-refractivity contribution in [2.24, 2.45) is 0 Å². The van der Waals surface area contributed by atoms with Crippen LogP contribution in [0, 0.1) is 0 Å². The number of nitrogens with zero attached hydrogens (tertiary/aromatic N) is 2. The second-order valence-electron chi connectivity index (χ2n) is 8.75. The molecule has 0 aliphatic carbocycles. The zero-order valence-electron chi connectivity index (χ0n) is 20.9. The predicted molar refractivity (Wildman–Crippen MR) is 135 cm³/mol. The van der Waals surface area contributed by atoms with E-state index in [1.807, 2.05) is 12.1 Å². The van der Waals surface area contributed by atoms with Gasteiger partial charge < -0.3 is 9.47 Å². The van der Waals surface area contributed by atoms with Crippen LogP contribution in [0.25, 0.3) is 11.4 Å². The number of aromatic nitrogens is 2. The molecular formula is C28H40N2O4. The van der Waals surface area contributed by atoms with E-state index in [1.165, 1.54) is 50.9 Å². The number of carbonyl (C=O) groups excluding carboxylic acids is 2. The lowest BCUT2D eigenvalue weighted by molar-refractivity contribution is -0.135. The first-order chi connectivity index (χ1) is 16.6. The van der Waals surface area contributed by atoms with E-state index in [-0.39, 0.29) is 11.9 Å². The lowest BCUT2D eigenvalue weighted by Crippen LogP contribution is -2.08. The van der Waals surface area contributed by atoms with E-state index in [4.69, 9.17) is 9.47 Å². The van der Waals surface area contributed by atoms with Crippen molar-refractivity contribution in [3.8, 4) is 22.9 Å². The molecular weight excluding hydrogens is 428 g/mol. The standard InChI is InChI=1S/C28H40N2O4/c1-3-5-7-9-10-11-12-14-16-26(31)33-24-19-17-23(18-20-24)28-29-21-25(22-30-28)34-27(32)15-13-8-6-4-2/h17-22H,3-16H2,1-2H3. The van der Waals surface area contributed by atoms with Gasteiger partial charge in [-0.1, -0.05) is 78.1 Å². The van der Waals surface area contributed by atoms with E-state index < -0.39 is 0 Å². The van der Waals surface area contributed by atoms with Gasteiger partial charge in [0.2, 0.25) is 0 Å². The highest BCUT2D eigenvalue weighted by Crippen LogP contribution is 2.21. The molecule has 1 aromatic carbocycles. The normalized spacial score (nSPS) is 10.8. The summed E-state index contributed by atoms with van der Waals surface area (Å²) in [4.78, 5) is 32.5. The summed E-state index contributed by atoms with van der Waals surface area (Å²) in [5, 5.41) is 0. The number of carbonyl (C=O) groups is 2. The molecule has 1 aromatic heterocycles. The number of esters is 2. The first kappa shape index (κ1) is 27.5. The third-order valence-corrected chi connectivity index (χ3v) is 5.67. The Morgan fingerprint density at radius 1 is 0.618 bits per heavy atom. The van der Waals surface area contributed by atoms with E-state index in [1.54, 1.807) is 12.1 Å². The molecule has 2 rings (SSSR count). The summed E-state index contributed by atoms with van der Waals surface area (Å²) < 4.78 is 10.7. The van der Waals surface area contributed by atoms with Crippen LogP contribution in [0.2, 0.25) is 0 Å². The van der Waals surface area contributed by atoms with Gasteiger partial charge in [-0.25, -0.2) is 9.97 Å². The summed E-state index contributed by atoms with van der Waals surface area (Å²) in [6.45, 7) is 4.36. The number of rotatable bonds is 17. The molecule has 34 heavy (non-hydrogen) atoms. The first-order valence-corrected chi connectivity index (χ1v) is 13.0. The number of unbranched alkanes of at least 4 members (excludes halogenated alkanes) is 10. The number of hydrogen-bond donors (Lipinski definition) is 0. The largest absolute Gasteiger partial charge is 0.427 e. The maximum Gasteiger partial charge on any atom is 0.311 e. The van der Waals surface area contributed by atoms with Crippen molar-refractivity contribution in [1.29, 1.82) is 0 Å². The molecule has 0 N–H and O–H groups in total. The molecule has 0 saturated carbocycles. The van der Waals surface area contributed by atoms with E-state index in [9.17, 15) is 9.59 Å². The maximum atomic E-state index is 12.1. The van der Waals surface area contributed by atoms with Gasteiger partial charge in [-0.15, -0.1) is 0 Å². The molecule has 0 fully saturated rings. The van der Waals surface area contributed by atoms with Crippen molar-refractivity contribution < 1.29 is 19.1 Å². The van der Waals surface area contributed by atoms with Gasteiger partial charge in [-0.2, -0.15) is 0 Å². The molecule has 6 heteroatoms. The van der Waals surface area contributed by atoms with E-state index >= 15 is 0 Å². The zero-order chi connectivity index (χ0) is 24.4. The lowest BCUT2D eigenvalue weighted by Gasteiger charge is -2.07. The molecule has 0 bridgehead atoms. The van der Waals surface area contributed by atoms with E-state index in [2.05, 4.69) is 23.8 Å². The second-order valence-corrected chi connectivity index (χ2v) is 8.75. The Balaban J connectivity index is 1.70. The van der Waals surface area contributed by atoms with Crippen LogP contribution in [0.15, 0.2) is 36.7 Å². The molecule has 0 amide bonds. The number of benzene rings is 1. The van der Waals surface area contributed by atoms with Gasteiger partial charge in [0.15, 0.2) is 11.6 Å². The quantitative estimate of drug-likeness (QED) is 0.136.